The molecule has 1 nitrogen and oxygen atoms in total. The maximum atomic E-state index is 11.4. The Balaban J connectivity index is 1.88. The van der Waals surface area contributed by atoms with Gasteiger partial charge in [0.1, 0.15) is 5.02 Å². The van der Waals surface area contributed by atoms with Gasteiger partial charge in [0.15, 0.2) is 0 Å². The van der Waals surface area contributed by atoms with Gasteiger partial charge in [0.2, 0.25) is 0 Å². The lowest BCUT2D eigenvalue weighted by Crippen LogP contribution is -1.89. The van der Waals surface area contributed by atoms with Crippen molar-refractivity contribution in [1.29, 1.82) is 0 Å². The second-order valence-electron chi connectivity index (χ2n) is 4.97. The third-order valence-electron chi connectivity index (χ3n) is 3.23. The predicted octanol–water partition coefficient (Wildman–Crippen LogP) is 6.24. The molecule has 0 atom stereocenters. The van der Waals surface area contributed by atoms with E-state index in [1.165, 1.54) is 57.5 Å². The summed E-state index contributed by atoms with van der Waals surface area (Å²) in [6.45, 7) is 2.24. The van der Waals surface area contributed by atoms with E-state index in [9.17, 15) is 4.79 Å². The normalized spacial score (nSPS) is 11.0. The highest BCUT2D eigenvalue weighted by Crippen LogP contribution is 2.34. The van der Waals surface area contributed by atoms with Gasteiger partial charge in [-0.2, -0.15) is 0 Å². The number of thioether (sulfide) groups is 1. The molecule has 1 heterocycles. The zero-order valence-corrected chi connectivity index (χ0v) is 15.3. The van der Waals surface area contributed by atoms with Crippen LogP contribution in [0, 0.1) is 0 Å². The molecule has 1 aromatic carbocycles. The molecule has 0 aliphatic rings. The van der Waals surface area contributed by atoms with E-state index < -0.39 is 0 Å². The largest absolute Gasteiger partial charge is 0.275 e. The minimum absolute atomic E-state index is 0.0196. The molecule has 2 rings (SSSR count). The van der Waals surface area contributed by atoms with Crippen molar-refractivity contribution in [3.63, 3.8) is 0 Å². The van der Waals surface area contributed by atoms with Gasteiger partial charge in [0, 0.05) is 5.75 Å². The van der Waals surface area contributed by atoms with Crippen LogP contribution in [0.25, 0.3) is 0 Å². The van der Waals surface area contributed by atoms with Crippen LogP contribution in [0.1, 0.15) is 43.7 Å². The Bertz CT molecular complexity index is 618. The molecule has 2 aromatic rings. The van der Waals surface area contributed by atoms with Gasteiger partial charge in [0.05, 0.1) is 4.21 Å². The number of rotatable bonds is 8. The number of aryl methyl sites for hydroxylation is 1. The van der Waals surface area contributed by atoms with Crippen LogP contribution in [0.4, 0.5) is 0 Å². The Morgan fingerprint density at radius 2 is 1.95 bits per heavy atom. The number of hydrogen-bond donors (Lipinski definition) is 0. The first-order chi connectivity index (χ1) is 10.2. The summed E-state index contributed by atoms with van der Waals surface area (Å²) in [5.74, 6) is 0.870. The van der Waals surface area contributed by atoms with Crippen molar-refractivity contribution in [3.05, 3.63) is 50.0 Å². The molecule has 5 heteroatoms. The molecule has 0 aliphatic carbocycles. The number of unbranched alkanes of at least 4 members (excludes halogenated alkanes) is 3. The lowest BCUT2D eigenvalue weighted by Gasteiger charge is -2.05. The van der Waals surface area contributed by atoms with E-state index in [4.69, 9.17) is 11.6 Å². The molecule has 0 spiro atoms. The standard InChI is InChI=1S/C16H19ClOS3/c1-2-3-4-5-7-12-8-6-9-13(10-12)11-19-16-14(17)15(18)20-21-16/h6,8-10H,2-5,7,11H2,1H3. The summed E-state index contributed by atoms with van der Waals surface area (Å²) in [6.07, 6.45) is 6.34. The van der Waals surface area contributed by atoms with E-state index in [0.29, 0.717) is 5.02 Å². The average molecular weight is 359 g/mol. The van der Waals surface area contributed by atoms with Crippen LogP contribution < -0.4 is 4.74 Å². The zero-order chi connectivity index (χ0) is 15.1. The minimum Gasteiger partial charge on any atom is -0.275 e. The van der Waals surface area contributed by atoms with E-state index in [1.54, 1.807) is 11.8 Å². The number of benzene rings is 1. The van der Waals surface area contributed by atoms with Crippen molar-refractivity contribution < 1.29 is 0 Å². The second-order valence-corrected chi connectivity index (χ2v) is 8.71. The lowest BCUT2D eigenvalue weighted by atomic mass is 10.0. The molecular weight excluding hydrogens is 340 g/mol. The fraction of sp³-hybridized carbons (Fsp3) is 0.438. The van der Waals surface area contributed by atoms with Gasteiger partial charge < -0.3 is 0 Å². The molecule has 0 unspecified atom stereocenters. The third kappa shape index (κ3) is 5.44. The topological polar surface area (TPSA) is 17.1 Å². The van der Waals surface area contributed by atoms with Gasteiger partial charge in [-0.3, -0.25) is 4.79 Å². The van der Waals surface area contributed by atoms with Gasteiger partial charge in [-0.15, -0.1) is 11.8 Å². The quantitative estimate of drug-likeness (QED) is 0.315. The summed E-state index contributed by atoms with van der Waals surface area (Å²) in [5.41, 5.74) is 2.71. The van der Waals surface area contributed by atoms with Crippen LogP contribution in [0.15, 0.2) is 33.3 Å². The molecule has 0 N–H and O–H groups in total. The first-order valence-electron chi connectivity index (χ1n) is 7.20. The molecule has 0 radical (unpaired) electrons. The van der Waals surface area contributed by atoms with Crippen molar-refractivity contribution in [2.24, 2.45) is 0 Å². The maximum Gasteiger partial charge on any atom is 0.262 e. The van der Waals surface area contributed by atoms with Gasteiger partial charge >= 0.3 is 0 Å². The van der Waals surface area contributed by atoms with E-state index in [-0.39, 0.29) is 4.74 Å². The first-order valence-corrected chi connectivity index (χ1v) is 10.7. The number of hydrogen-bond acceptors (Lipinski definition) is 4. The van der Waals surface area contributed by atoms with Crippen LogP contribution in [0.2, 0.25) is 5.02 Å². The third-order valence-corrected chi connectivity index (χ3v) is 7.79. The molecule has 114 valence electrons. The van der Waals surface area contributed by atoms with Crippen LogP contribution in [0.5, 0.6) is 0 Å². The van der Waals surface area contributed by atoms with Gasteiger partial charge in [-0.25, -0.2) is 0 Å². The summed E-state index contributed by atoms with van der Waals surface area (Å²) in [4.78, 5) is 11.4. The monoisotopic (exact) mass is 358 g/mol. The fourth-order valence-electron chi connectivity index (χ4n) is 2.10. The summed E-state index contributed by atoms with van der Waals surface area (Å²) < 4.78 is 0.925. The van der Waals surface area contributed by atoms with Crippen molar-refractivity contribution in [2.75, 3.05) is 0 Å². The molecule has 21 heavy (non-hydrogen) atoms. The molecule has 0 saturated heterocycles. The van der Waals surface area contributed by atoms with Crippen LogP contribution in [-0.2, 0) is 12.2 Å². The summed E-state index contributed by atoms with van der Waals surface area (Å²) in [7, 11) is 2.70. The highest BCUT2D eigenvalue weighted by atomic mass is 35.5. The molecule has 0 bridgehead atoms. The maximum absolute atomic E-state index is 11.4. The van der Waals surface area contributed by atoms with Gasteiger partial charge in [0.25, 0.3) is 4.74 Å². The molecule has 0 saturated carbocycles. The van der Waals surface area contributed by atoms with Gasteiger partial charge in [-0.05, 0) is 34.3 Å². The first kappa shape index (κ1) is 17.1. The van der Waals surface area contributed by atoms with E-state index in [1.807, 2.05) is 0 Å². The second kappa shape index (κ2) is 8.99. The van der Waals surface area contributed by atoms with Crippen LogP contribution in [-0.4, -0.2) is 0 Å². The van der Waals surface area contributed by atoms with Crippen LogP contribution in [0.3, 0.4) is 0 Å². The van der Waals surface area contributed by atoms with E-state index in [2.05, 4.69) is 31.2 Å². The molecule has 0 aliphatic heterocycles. The van der Waals surface area contributed by atoms with Crippen molar-refractivity contribution in [1.82, 2.24) is 0 Å². The smallest absolute Gasteiger partial charge is 0.262 e. The van der Waals surface area contributed by atoms with Crippen molar-refractivity contribution in [3.8, 4) is 0 Å². The van der Waals surface area contributed by atoms with Crippen molar-refractivity contribution in [2.45, 2.75) is 49.0 Å². The zero-order valence-electron chi connectivity index (χ0n) is 12.1. The molecule has 0 fully saturated rings. The minimum atomic E-state index is -0.0196. The summed E-state index contributed by atoms with van der Waals surface area (Å²) >= 11 is 7.65. The Morgan fingerprint density at radius 1 is 1.14 bits per heavy atom. The Morgan fingerprint density at radius 3 is 2.67 bits per heavy atom. The van der Waals surface area contributed by atoms with E-state index in [0.717, 1.165) is 16.4 Å². The van der Waals surface area contributed by atoms with Crippen molar-refractivity contribution >= 4 is 44.0 Å². The fourth-order valence-corrected chi connectivity index (χ4v) is 6.15. The van der Waals surface area contributed by atoms with Crippen LogP contribution >= 0.6 is 44.0 Å². The highest BCUT2D eigenvalue weighted by molar-refractivity contribution is 8.02. The Kier molecular flexibility index (Phi) is 7.30. The predicted molar refractivity (Wildman–Crippen MR) is 97.3 cm³/mol. The summed E-state index contributed by atoms with van der Waals surface area (Å²) in [5, 5.41) is 0.394. The van der Waals surface area contributed by atoms with Gasteiger partial charge in [-0.1, -0.05) is 72.4 Å². The Labute approximate surface area is 142 Å². The molecule has 1 aromatic heterocycles. The lowest BCUT2D eigenvalue weighted by molar-refractivity contribution is 0.666. The number of halogens is 1. The average Bonchev–Trinajstić information content (AvgIpc) is 2.82. The Hall–Kier alpha value is -0.290. The molecular formula is C16H19ClOS3. The SMILES string of the molecule is CCCCCCc1cccc(CSc2ssc(=O)c2Cl)c1. The molecule has 0 amide bonds. The highest BCUT2D eigenvalue weighted by Gasteiger charge is 2.09. The summed E-state index contributed by atoms with van der Waals surface area (Å²) in [6, 6.07) is 8.76. The van der Waals surface area contributed by atoms with E-state index >= 15 is 0 Å².